The molecule has 0 radical (unpaired) electrons. The average molecular weight is 581 g/mol. The molecule has 0 spiro atoms. The van der Waals surface area contributed by atoms with Crippen molar-refractivity contribution >= 4 is 96.1 Å². The predicted molar refractivity (Wildman–Crippen MR) is 187 cm³/mol. The molecule has 0 aliphatic heterocycles. The molecule has 0 unspecified atom stereocenters. The van der Waals surface area contributed by atoms with Gasteiger partial charge >= 0.3 is 0 Å². The summed E-state index contributed by atoms with van der Waals surface area (Å²) in [5, 5.41) is 5.45. The molecule has 4 heteroatoms. The zero-order chi connectivity index (χ0) is 28.7. The van der Waals surface area contributed by atoms with Crippen molar-refractivity contribution in [1.29, 1.82) is 0 Å². The van der Waals surface area contributed by atoms with Gasteiger partial charge in [-0.15, -0.1) is 22.7 Å². The molecular weight excluding hydrogens is 549 g/mol. The Labute approximate surface area is 252 Å². The summed E-state index contributed by atoms with van der Waals surface area (Å²) in [4.78, 5) is 0. The summed E-state index contributed by atoms with van der Waals surface area (Å²) in [7, 11) is 0. The van der Waals surface area contributed by atoms with Crippen molar-refractivity contribution in [2.75, 3.05) is 0 Å². The molecule has 4 heterocycles. The summed E-state index contributed by atoms with van der Waals surface area (Å²) in [6, 6.07) is 32.3. The minimum Gasteiger partial charge on any atom is -0.306 e. The topological polar surface area (TPSA) is 8.82 Å². The third kappa shape index (κ3) is 3.09. The van der Waals surface area contributed by atoms with Gasteiger partial charge in [0.2, 0.25) is 0 Å². The van der Waals surface area contributed by atoms with Gasteiger partial charge in [-0.3, -0.25) is 0 Å². The summed E-state index contributed by atoms with van der Waals surface area (Å²) >= 11 is 3.90. The number of fused-ring (bicyclic) bond motifs is 12. The van der Waals surface area contributed by atoms with Crippen molar-refractivity contribution in [2.45, 2.75) is 52.4 Å². The molecule has 9 rings (SSSR count). The molecule has 0 aliphatic carbocycles. The van der Waals surface area contributed by atoms with Crippen molar-refractivity contribution in [3.8, 4) is 0 Å². The van der Waals surface area contributed by atoms with Gasteiger partial charge in [0.1, 0.15) is 0 Å². The standard InChI is InChI=1S/C38H32N2S2/c1-37(2,3)21-15-17-23-27(19-21)39-25-11-7-9-13-29(25)41-36-32-24-18-16-22(38(4,5)6)20-28(24)40-26-12-8-10-14-30(26)42-35(34(32)40)31(23)33(36)39/h7-20H,1-6H3. The normalized spacial score (nSPS) is 13.5. The fourth-order valence-corrected chi connectivity index (χ4v) is 9.47. The van der Waals surface area contributed by atoms with Gasteiger partial charge in [0.15, 0.2) is 0 Å². The lowest BCUT2D eigenvalue weighted by Gasteiger charge is -2.19. The number of rotatable bonds is 0. The van der Waals surface area contributed by atoms with E-state index in [0.29, 0.717) is 0 Å². The lowest BCUT2D eigenvalue weighted by atomic mass is 9.86. The van der Waals surface area contributed by atoms with Gasteiger partial charge in [0, 0.05) is 21.5 Å². The van der Waals surface area contributed by atoms with Gasteiger partial charge in [-0.1, -0.05) is 90.1 Å². The number of nitrogens with zero attached hydrogens (tertiary/aromatic N) is 2. The van der Waals surface area contributed by atoms with Crippen LogP contribution >= 0.6 is 22.7 Å². The second kappa shape index (κ2) is 7.94. The Morgan fingerprint density at radius 3 is 1.29 bits per heavy atom. The molecule has 0 fully saturated rings. The van der Waals surface area contributed by atoms with E-state index in [1.165, 1.54) is 84.6 Å². The second-order valence-corrected chi connectivity index (χ2v) is 16.0. The fourth-order valence-electron chi connectivity index (χ4n) is 7.01. The van der Waals surface area contributed by atoms with Gasteiger partial charge in [0.25, 0.3) is 0 Å². The Bertz CT molecular complexity index is 2400. The first-order valence-corrected chi connectivity index (χ1v) is 16.4. The summed E-state index contributed by atoms with van der Waals surface area (Å²) < 4.78 is 10.5. The Hall–Kier alpha value is -3.86. The SMILES string of the molecule is CC(C)(C)c1ccc2c3c4sc5ccccc5n5c6cc(C(C)(C)C)ccc6c(c6sc7ccccc7n(c2c1)c63)c45. The lowest BCUT2D eigenvalue weighted by molar-refractivity contribution is 0.590. The zero-order valence-corrected chi connectivity index (χ0v) is 26.4. The smallest absolute Gasteiger partial charge is 0.0736 e. The van der Waals surface area contributed by atoms with E-state index in [0.717, 1.165) is 0 Å². The molecule has 4 aromatic heterocycles. The maximum atomic E-state index is 2.57. The second-order valence-electron chi connectivity index (χ2n) is 13.9. The Balaban J connectivity index is 1.66. The van der Waals surface area contributed by atoms with Crippen LogP contribution in [0.4, 0.5) is 0 Å². The number of hydrogen-bond acceptors (Lipinski definition) is 2. The van der Waals surface area contributed by atoms with Crippen LogP contribution in [0, 0.1) is 0 Å². The van der Waals surface area contributed by atoms with Crippen molar-refractivity contribution in [3.05, 3.63) is 96.1 Å². The Kier molecular flexibility index (Phi) is 4.67. The first kappa shape index (κ1) is 24.7. The molecule has 0 saturated carbocycles. The van der Waals surface area contributed by atoms with Crippen LogP contribution in [0.25, 0.3) is 73.4 Å². The highest BCUT2D eigenvalue weighted by Crippen LogP contribution is 2.51. The highest BCUT2D eigenvalue weighted by atomic mass is 32.1. The molecule has 206 valence electrons. The number of benzene rings is 5. The number of aromatic nitrogens is 2. The van der Waals surface area contributed by atoms with E-state index in [9.17, 15) is 0 Å². The maximum Gasteiger partial charge on any atom is 0.0736 e. The van der Waals surface area contributed by atoms with E-state index in [2.05, 4.69) is 135 Å². The van der Waals surface area contributed by atoms with Gasteiger partial charge in [-0.2, -0.15) is 0 Å². The largest absolute Gasteiger partial charge is 0.306 e. The predicted octanol–water partition coefficient (Wildman–Crippen LogP) is 11.8. The number of hydrogen-bond donors (Lipinski definition) is 0. The van der Waals surface area contributed by atoms with Gasteiger partial charge < -0.3 is 8.80 Å². The molecular formula is C38H32N2S2. The van der Waals surface area contributed by atoms with Crippen LogP contribution in [0.3, 0.4) is 0 Å². The van der Waals surface area contributed by atoms with E-state index in [1.807, 2.05) is 22.7 Å². The minimum atomic E-state index is 0.0703. The van der Waals surface area contributed by atoms with Crippen LogP contribution in [0.5, 0.6) is 0 Å². The molecule has 0 N–H and O–H groups in total. The van der Waals surface area contributed by atoms with Crippen LogP contribution in [0.1, 0.15) is 52.7 Å². The quantitative estimate of drug-likeness (QED) is 0.158. The van der Waals surface area contributed by atoms with Gasteiger partial charge in [-0.25, -0.2) is 0 Å². The van der Waals surface area contributed by atoms with Crippen LogP contribution in [0.2, 0.25) is 0 Å². The third-order valence-corrected chi connectivity index (χ3v) is 11.5. The molecule has 42 heavy (non-hydrogen) atoms. The summed E-state index contributed by atoms with van der Waals surface area (Å²) in [6.45, 7) is 13.9. The van der Waals surface area contributed by atoms with Crippen LogP contribution in [-0.2, 0) is 10.8 Å². The first-order chi connectivity index (χ1) is 20.1. The molecule has 0 atom stereocenters. The summed E-state index contributed by atoms with van der Waals surface area (Å²) in [5.74, 6) is 0. The van der Waals surface area contributed by atoms with Gasteiger partial charge in [-0.05, 0) is 58.4 Å². The molecule has 0 amide bonds. The monoisotopic (exact) mass is 580 g/mol. The average Bonchev–Trinajstić information content (AvgIpc) is 3.49. The van der Waals surface area contributed by atoms with Crippen molar-refractivity contribution in [1.82, 2.24) is 8.80 Å². The lowest BCUT2D eigenvalue weighted by Crippen LogP contribution is -2.10. The van der Waals surface area contributed by atoms with Crippen LogP contribution in [0.15, 0.2) is 84.9 Å². The zero-order valence-electron chi connectivity index (χ0n) is 24.8. The molecule has 0 aliphatic rings. The highest BCUT2D eigenvalue weighted by Gasteiger charge is 2.27. The third-order valence-electron chi connectivity index (χ3n) is 9.19. The van der Waals surface area contributed by atoms with Crippen LogP contribution in [-0.4, -0.2) is 8.80 Å². The maximum absolute atomic E-state index is 2.57. The Morgan fingerprint density at radius 2 is 0.881 bits per heavy atom. The van der Waals surface area contributed by atoms with Crippen molar-refractivity contribution < 1.29 is 0 Å². The molecule has 9 aromatic rings. The molecule has 0 bridgehead atoms. The first-order valence-electron chi connectivity index (χ1n) is 14.8. The van der Waals surface area contributed by atoms with E-state index in [1.54, 1.807) is 0 Å². The molecule has 2 nitrogen and oxygen atoms in total. The summed E-state index contributed by atoms with van der Waals surface area (Å²) in [6.07, 6.45) is 0. The van der Waals surface area contributed by atoms with Gasteiger partial charge in [0.05, 0.1) is 51.9 Å². The minimum absolute atomic E-state index is 0.0703. The fraction of sp³-hybridized carbons (Fsp3) is 0.211. The van der Waals surface area contributed by atoms with Crippen molar-refractivity contribution in [2.24, 2.45) is 0 Å². The van der Waals surface area contributed by atoms with E-state index in [-0.39, 0.29) is 10.8 Å². The molecule has 0 saturated heterocycles. The molecule has 5 aromatic carbocycles. The highest BCUT2D eigenvalue weighted by molar-refractivity contribution is 7.27. The van der Waals surface area contributed by atoms with E-state index >= 15 is 0 Å². The summed E-state index contributed by atoms with van der Waals surface area (Å²) in [5.41, 5.74) is 10.8. The van der Waals surface area contributed by atoms with Crippen LogP contribution < -0.4 is 0 Å². The van der Waals surface area contributed by atoms with E-state index < -0.39 is 0 Å². The van der Waals surface area contributed by atoms with E-state index in [4.69, 9.17) is 0 Å². The Morgan fingerprint density at radius 1 is 0.476 bits per heavy atom. The van der Waals surface area contributed by atoms with Crippen molar-refractivity contribution in [3.63, 3.8) is 0 Å². The number of para-hydroxylation sites is 2.